The molecule has 1 aliphatic rings. The first-order valence-electron chi connectivity index (χ1n) is 10.8. The molecule has 184 valence electrons. The van der Waals surface area contributed by atoms with Crippen LogP contribution in [0.3, 0.4) is 0 Å². The highest BCUT2D eigenvalue weighted by Crippen LogP contribution is 2.41. The summed E-state index contributed by atoms with van der Waals surface area (Å²) in [6.07, 6.45) is -0.934. The molecule has 0 saturated heterocycles. The number of nitrogens with one attached hydrogen (secondary N) is 1. The van der Waals surface area contributed by atoms with Crippen LogP contribution in [0.1, 0.15) is 31.9 Å². The number of thiol groups is 1. The fourth-order valence-electron chi connectivity index (χ4n) is 3.44. The smallest absolute Gasteiger partial charge is 0.412 e. The minimum atomic E-state index is -0.700. The Labute approximate surface area is 203 Å². The fraction of sp³-hybridized carbons (Fsp3) is 0.417. The molecule has 34 heavy (non-hydrogen) atoms. The van der Waals surface area contributed by atoms with E-state index < -0.39 is 23.6 Å². The number of fused-ring (bicyclic) bond motifs is 1. The summed E-state index contributed by atoms with van der Waals surface area (Å²) < 4.78 is 27.2. The van der Waals surface area contributed by atoms with Gasteiger partial charge in [-0.05, 0) is 36.2 Å². The molecule has 0 saturated carbocycles. The Bertz CT molecular complexity index is 997. The van der Waals surface area contributed by atoms with E-state index in [1.165, 1.54) is 0 Å². The number of hydrogen-bond acceptors (Lipinski definition) is 9. The zero-order valence-corrected chi connectivity index (χ0v) is 20.0. The van der Waals surface area contributed by atoms with Crippen molar-refractivity contribution in [2.45, 2.75) is 26.4 Å². The predicted octanol–water partition coefficient (Wildman–Crippen LogP) is 3.97. The average molecular weight is 492 g/mol. The van der Waals surface area contributed by atoms with Crippen molar-refractivity contribution < 1.29 is 38.4 Å². The summed E-state index contributed by atoms with van der Waals surface area (Å²) in [7, 11) is 0. The largest absolute Gasteiger partial charge is 0.491 e. The van der Waals surface area contributed by atoms with Gasteiger partial charge in [0.05, 0.1) is 19.0 Å². The van der Waals surface area contributed by atoms with Crippen molar-refractivity contribution in [1.82, 2.24) is 0 Å². The summed E-state index contributed by atoms with van der Waals surface area (Å²) in [5.74, 6) is 1.25. The van der Waals surface area contributed by atoms with E-state index in [9.17, 15) is 9.59 Å². The lowest BCUT2D eigenvalue weighted by molar-refractivity contribution is -0.141. The van der Waals surface area contributed by atoms with Crippen LogP contribution in [0.25, 0.3) is 0 Å². The van der Waals surface area contributed by atoms with Gasteiger partial charge in [-0.25, -0.2) is 4.79 Å². The molecule has 0 aliphatic carbocycles. The molecule has 0 bridgehead atoms. The van der Waals surface area contributed by atoms with Gasteiger partial charge < -0.3 is 28.8 Å². The number of aliphatic hydroxyl groups excluding tert-OH is 1. The molecule has 1 atom stereocenters. The summed E-state index contributed by atoms with van der Waals surface area (Å²) in [6.45, 7) is 4.14. The SMILES string of the molecule is CC(C)(CCOC(=O)CS)[C@@H](OC(=O)Nc1ccc2c(c1)OCO2)c1cccc(OCCO)c1. The number of carbonyl (C=O) groups excluding carboxylic acids is 2. The van der Waals surface area contributed by atoms with E-state index in [-0.39, 0.29) is 32.4 Å². The van der Waals surface area contributed by atoms with E-state index in [0.717, 1.165) is 0 Å². The van der Waals surface area contributed by atoms with Crippen LogP contribution in [0.5, 0.6) is 17.2 Å². The van der Waals surface area contributed by atoms with Gasteiger partial charge in [-0.2, -0.15) is 12.6 Å². The summed E-state index contributed by atoms with van der Waals surface area (Å²) >= 11 is 3.91. The molecule has 0 unspecified atom stereocenters. The maximum absolute atomic E-state index is 12.9. The van der Waals surface area contributed by atoms with E-state index in [0.29, 0.717) is 34.9 Å². The second-order valence-electron chi connectivity index (χ2n) is 8.24. The molecule has 2 aromatic carbocycles. The lowest BCUT2D eigenvalue weighted by Crippen LogP contribution is -2.30. The van der Waals surface area contributed by atoms with Crippen LogP contribution in [0.4, 0.5) is 10.5 Å². The number of carbonyl (C=O) groups is 2. The van der Waals surface area contributed by atoms with Gasteiger partial charge in [0.15, 0.2) is 11.5 Å². The zero-order valence-electron chi connectivity index (χ0n) is 19.1. The van der Waals surface area contributed by atoms with E-state index in [4.69, 9.17) is 28.8 Å². The Morgan fingerprint density at radius 1 is 1.15 bits per heavy atom. The van der Waals surface area contributed by atoms with Gasteiger partial charge in [-0.1, -0.05) is 26.0 Å². The minimum absolute atomic E-state index is 0.0114. The monoisotopic (exact) mass is 491 g/mol. The Hall–Kier alpha value is -3.11. The van der Waals surface area contributed by atoms with Crippen molar-refractivity contribution in [1.29, 1.82) is 0 Å². The van der Waals surface area contributed by atoms with Crippen molar-refractivity contribution >= 4 is 30.4 Å². The Kier molecular flexibility index (Phi) is 8.89. The molecule has 10 heteroatoms. The summed E-state index contributed by atoms with van der Waals surface area (Å²) in [5.41, 5.74) is 0.578. The first-order valence-corrected chi connectivity index (χ1v) is 11.4. The van der Waals surface area contributed by atoms with Crippen LogP contribution < -0.4 is 19.5 Å². The van der Waals surface area contributed by atoms with Crippen LogP contribution in [0.2, 0.25) is 0 Å². The molecule has 0 spiro atoms. The number of rotatable bonds is 11. The van der Waals surface area contributed by atoms with E-state index in [1.54, 1.807) is 36.4 Å². The van der Waals surface area contributed by atoms with E-state index >= 15 is 0 Å². The highest BCUT2D eigenvalue weighted by Gasteiger charge is 2.35. The van der Waals surface area contributed by atoms with Gasteiger partial charge in [0.2, 0.25) is 6.79 Å². The van der Waals surface area contributed by atoms with Gasteiger partial charge in [0.25, 0.3) is 0 Å². The Morgan fingerprint density at radius 2 is 1.94 bits per heavy atom. The van der Waals surface area contributed by atoms with Gasteiger partial charge >= 0.3 is 12.1 Å². The van der Waals surface area contributed by atoms with Gasteiger partial charge in [0, 0.05) is 17.2 Å². The normalized spacial score (nSPS) is 13.2. The first-order chi connectivity index (χ1) is 16.3. The average Bonchev–Trinajstić information content (AvgIpc) is 3.29. The molecule has 1 aliphatic heterocycles. The number of anilines is 1. The molecule has 2 aromatic rings. The molecular formula is C24H29NO8S. The first kappa shape index (κ1) is 25.5. The Balaban J connectivity index is 1.77. The molecule has 2 N–H and O–H groups in total. The lowest BCUT2D eigenvalue weighted by atomic mass is 9.80. The molecule has 0 aromatic heterocycles. The Morgan fingerprint density at radius 3 is 2.71 bits per heavy atom. The molecule has 1 amide bonds. The third kappa shape index (κ3) is 6.94. The fourth-order valence-corrected chi connectivity index (χ4v) is 3.53. The van der Waals surface area contributed by atoms with Crippen molar-refractivity contribution in [2.75, 3.05) is 37.7 Å². The number of aliphatic hydroxyl groups is 1. The van der Waals surface area contributed by atoms with Crippen LogP contribution in [0, 0.1) is 5.41 Å². The molecule has 1 heterocycles. The number of ether oxygens (including phenoxy) is 5. The summed E-state index contributed by atoms with van der Waals surface area (Å²) in [5, 5.41) is 11.8. The third-order valence-electron chi connectivity index (χ3n) is 5.21. The molecule has 3 rings (SSSR count). The summed E-state index contributed by atoms with van der Waals surface area (Å²) in [4.78, 5) is 24.4. The highest BCUT2D eigenvalue weighted by molar-refractivity contribution is 7.81. The zero-order chi connectivity index (χ0) is 24.6. The number of esters is 1. The topological polar surface area (TPSA) is 113 Å². The standard InChI is InChI=1S/C24H29NO8S/c1-24(2,8-10-30-21(27)14-34)22(16-4-3-5-18(12-16)29-11-9-26)33-23(28)25-17-6-7-19-20(13-17)32-15-31-19/h3-7,12-13,22,26,34H,8-11,14-15H2,1-2H3,(H,25,28)/t22-/m0/s1. The second-order valence-corrected chi connectivity index (χ2v) is 8.56. The number of benzene rings is 2. The van der Waals surface area contributed by atoms with Crippen LogP contribution >= 0.6 is 12.6 Å². The van der Waals surface area contributed by atoms with Crippen LogP contribution in [0.15, 0.2) is 42.5 Å². The maximum atomic E-state index is 12.9. The number of hydrogen-bond donors (Lipinski definition) is 3. The van der Waals surface area contributed by atoms with Crippen LogP contribution in [-0.4, -0.2) is 49.5 Å². The van der Waals surface area contributed by atoms with Crippen molar-refractivity contribution in [3.8, 4) is 17.2 Å². The van der Waals surface area contributed by atoms with Crippen molar-refractivity contribution in [3.05, 3.63) is 48.0 Å². The molecule has 9 nitrogen and oxygen atoms in total. The minimum Gasteiger partial charge on any atom is -0.491 e. The van der Waals surface area contributed by atoms with Gasteiger partial charge in [-0.3, -0.25) is 10.1 Å². The second kappa shape index (κ2) is 11.8. The van der Waals surface area contributed by atoms with Crippen molar-refractivity contribution in [2.24, 2.45) is 5.41 Å². The highest BCUT2D eigenvalue weighted by atomic mass is 32.1. The predicted molar refractivity (Wildman–Crippen MR) is 128 cm³/mol. The lowest BCUT2D eigenvalue weighted by Gasteiger charge is -2.34. The molecular weight excluding hydrogens is 462 g/mol. The number of amides is 1. The molecule has 0 fully saturated rings. The van der Waals surface area contributed by atoms with Gasteiger partial charge in [0.1, 0.15) is 18.5 Å². The maximum Gasteiger partial charge on any atom is 0.412 e. The quantitative estimate of drug-likeness (QED) is 0.320. The van der Waals surface area contributed by atoms with Crippen LogP contribution in [-0.2, 0) is 14.3 Å². The van der Waals surface area contributed by atoms with E-state index in [2.05, 4.69) is 17.9 Å². The third-order valence-corrected chi connectivity index (χ3v) is 5.47. The molecule has 0 radical (unpaired) electrons. The van der Waals surface area contributed by atoms with Crippen molar-refractivity contribution in [3.63, 3.8) is 0 Å². The van der Waals surface area contributed by atoms with Gasteiger partial charge in [-0.15, -0.1) is 0 Å². The van der Waals surface area contributed by atoms with E-state index in [1.807, 2.05) is 19.9 Å². The summed E-state index contributed by atoms with van der Waals surface area (Å²) in [6, 6.07) is 12.2.